The van der Waals surface area contributed by atoms with Gasteiger partial charge in [0.15, 0.2) is 0 Å². The number of carbonyl (C=O) groups excluding carboxylic acids is 2. The molecule has 2 amide bonds. The third-order valence-electron chi connectivity index (χ3n) is 10.1. The Labute approximate surface area is 259 Å². The van der Waals surface area contributed by atoms with Gasteiger partial charge in [0.25, 0.3) is 0 Å². The molecule has 2 aliphatic heterocycles. The van der Waals surface area contributed by atoms with Crippen LogP contribution in [-0.2, 0) is 25.3 Å². The Morgan fingerprint density at radius 3 is 2.43 bits per heavy atom. The Morgan fingerprint density at radius 2 is 1.71 bits per heavy atom. The average molecular weight is 607 g/mol. The molecule has 0 radical (unpaired) electrons. The van der Waals surface area contributed by atoms with Gasteiger partial charge in [0.2, 0.25) is 11.8 Å². The third-order valence-corrected chi connectivity index (χ3v) is 12.8. The minimum Gasteiger partial charge on any atom is -0.404 e. The van der Waals surface area contributed by atoms with Crippen molar-refractivity contribution in [1.29, 1.82) is 0 Å². The lowest BCUT2D eigenvalue weighted by Crippen LogP contribution is -2.65. The van der Waals surface area contributed by atoms with Crippen LogP contribution in [0.3, 0.4) is 0 Å². The van der Waals surface area contributed by atoms with Gasteiger partial charge in [0, 0.05) is 22.0 Å². The first-order valence-electron chi connectivity index (χ1n) is 15.4. The summed E-state index contributed by atoms with van der Waals surface area (Å²) >= 11 is 3.27. The summed E-state index contributed by atoms with van der Waals surface area (Å²) in [5.41, 5.74) is 0.914. The Morgan fingerprint density at radius 1 is 1.00 bits per heavy atom. The monoisotopic (exact) mass is 606 g/mol. The molecule has 2 aromatic carbocycles. The second-order valence-electron chi connectivity index (χ2n) is 13.7. The standard InChI is InChI=1S/C33H43BN2O4S2/c1-20(2)15-29(34-39-28-18-22-17-27(32(22,3)4)33(28,5)40-34)36-30(37)23(16-21-11-7-6-8-12-21)35-31(38)26-19-41-24-13-9-10-14-25(24)42-26/h6-14,20,22-23,26-29H,15-19H2,1-5H3,(H,35,38)(H,36,37)/t22-,23+,26?,27-,28-,29+,33+/m1/s1. The van der Waals surface area contributed by atoms with Gasteiger partial charge in [-0.1, -0.05) is 70.2 Å². The summed E-state index contributed by atoms with van der Waals surface area (Å²) in [6, 6.07) is 17.4. The lowest BCUT2D eigenvalue weighted by atomic mass is 9.43. The molecule has 224 valence electrons. The van der Waals surface area contributed by atoms with Crippen LogP contribution in [-0.4, -0.2) is 53.6 Å². The first-order chi connectivity index (χ1) is 20.0. The van der Waals surface area contributed by atoms with E-state index in [4.69, 9.17) is 9.31 Å². The van der Waals surface area contributed by atoms with Crippen LogP contribution in [0.1, 0.15) is 59.4 Å². The van der Waals surface area contributed by atoms with E-state index in [2.05, 4.69) is 57.4 Å². The highest BCUT2D eigenvalue weighted by atomic mass is 32.2. The van der Waals surface area contributed by atoms with Crippen LogP contribution in [0.15, 0.2) is 64.4 Å². The predicted octanol–water partition coefficient (Wildman–Crippen LogP) is 5.78. The number of nitrogens with one attached hydrogen (secondary N) is 2. The molecule has 9 heteroatoms. The molecule has 2 aromatic rings. The van der Waals surface area contributed by atoms with Crippen LogP contribution >= 0.6 is 23.5 Å². The molecule has 2 N–H and O–H groups in total. The minimum atomic E-state index is -0.705. The maximum absolute atomic E-state index is 14.0. The van der Waals surface area contributed by atoms with Crippen LogP contribution in [0.2, 0.25) is 0 Å². The highest BCUT2D eigenvalue weighted by Gasteiger charge is 2.68. The highest BCUT2D eigenvalue weighted by Crippen LogP contribution is 2.65. The second kappa shape index (κ2) is 11.9. The molecular formula is C33H43BN2O4S2. The van der Waals surface area contributed by atoms with Gasteiger partial charge in [-0.15, -0.1) is 23.5 Å². The van der Waals surface area contributed by atoms with Gasteiger partial charge >= 0.3 is 7.12 Å². The number of fused-ring (bicyclic) bond motifs is 1. The van der Waals surface area contributed by atoms with Gasteiger partial charge in [0.1, 0.15) is 6.04 Å². The van der Waals surface area contributed by atoms with Crippen molar-refractivity contribution in [1.82, 2.24) is 10.6 Å². The van der Waals surface area contributed by atoms with Crippen LogP contribution in [0, 0.1) is 23.2 Å². The first-order valence-corrected chi connectivity index (χ1v) is 17.3. The van der Waals surface area contributed by atoms with E-state index in [1.165, 1.54) is 11.3 Å². The zero-order valence-electron chi connectivity index (χ0n) is 25.3. The van der Waals surface area contributed by atoms with E-state index in [9.17, 15) is 9.59 Å². The molecule has 7 rings (SSSR count). The quantitative estimate of drug-likeness (QED) is 0.353. The number of hydrogen-bond donors (Lipinski definition) is 2. The average Bonchev–Trinajstić information content (AvgIpc) is 3.33. The molecule has 5 aliphatic rings. The summed E-state index contributed by atoms with van der Waals surface area (Å²) in [5, 5.41) is 6.16. The third kappa shape index (κ3) is 5.79. The van der Waals surface area contributed by atoms with Crippen LogP contribution in [0.25, 0.3) is 0 Å². The van der Waals surface area contributed by atoms with E-state index < -0.39 is 13.2 Å². The van der Waals surface area contributed by atoms with Gasteiger partial charge in [-0.05, 0) is 67.1 Å². The molecule has 6 nitrogen and oxygen atoms in total. The molecule has 4 fully saturated rings. The number of amides is 2. The smallest absolute Gasteiger partial charge is 0.404 e. The summed E-state index contributed by atoms with van der Waals surface area (Å²) in [4.78, 5) is 29.9. The van der Waals surface area contributed by atoms with Gasteiger partial charge in [0.05, 0.1) is 22.9 Å². The van der Waals surface area contributed by atoms with Crippen molar-refractivity contribution in [3.8, 4) is 0 Å². The van der Waals surface area contributed by atoms with Crippen molar-refractivity contribution in [2.45, 2.75) is 99.0 Å². The van der Waals surface area contributed by atoms with Crippen molar-refractivity contribution in [3.05, 3.63) is 60.2 Å². The Kier molecular flexibility index (Phi) is 8.51. The fourth-order valence-corrected chi connectivity index (χ4v) is 10.1. The molecule has 1 unspecified atom stereocenters. The largest absolute Gasteiger partial charge is 0.481 e. The Hall–Kier alpha value is -1.94. The van der Waals surface area contributed by atoms with E-state index >= 15 is 0 Å². The van der Waals surface area contributed by atoms with Crippen LogP contribution < -0.4 is 10.6 Å². The van der Waals surface area contributed by atoms with Gasteiger partial charge in [-0.2, -0.15) is 0 Å². The Balaban J connectivity index is 1.18. The molecule has 2 bridgehead atoms. The summed E-state index contributed by atoms with van der Waals surface area (Å²) in [5.74, 6) is 1.52. The predicted molar refractivity (Wildman–Crippen MR) is 170 cm³/mol. The van der Waals surface area contributed by atoms with Crippen molar-refractivity contribution in [2.75, 3.05) is 5.75 Å². The normalized spacial score (nSPS) is 30.5. The van der Waals surface area contributed by atoms with E-state index in [0.29, 0.717) is 29.9 Å². The topological polar surface area (TPSA) is 76.7 Å². The zero-order valence-corrected chi connectivity index (χ0v) is 26.9. The number of rotatable bonds is 9. The van der Waals surface area contributed by atoms with Gasteiger partial charge in [-0.25, -0.2) is 0 Å². The number of hydrogen-bond acceptors (Lipinski definition) is 6. The summed E-state index contributed by atoms with van der Waals surface area (Å²) in [6.45, 7) is 11.2. The molecule has 3 aliphatic carbocycles. The molecule has 2 heterocycles. The molecule has 3 saturated carbocycles. The lowest BCUT2D eigenvalue weighted by Gasteiger charge is -2.64. The van der Waals surface area contributed by atoms with E-state index in [1.807, 2.05) is 42.5 Å². The fraction of sp³-hybridized carbons (Fsp3) is 0.576. The second-order valence-corrected chi connectivity index (χ2v) is 16.0. The SMILES string of the molecule is CC(C)C[C@H](NC(=O)[C@H](Cc1ccccc1)NC(=O)C1CSc2ccccc2S1)B1O[C@@H]2C[C@H]3C[C@H](C3(C)C)[C@]2(C)O1. The van der Waals surface area contributed by atoms with Crippen molar-refractivity contribution < 1.29 is 18.9 Å². The number of benzene rings is 2. The summed E-state index contributed by atoms with van der Waals surface area (Å²) in [7, 11) is -0.503. The lowest BCUT2D eigenvalue weighted by molar-refractivity contribution is -0.199. The Bertz CT molecular complexity index is 1310. The molecule has 1 saturated heterocycles. The van der Waals surface area contributed by atoms with E-state index in [-0.39, 0.29) is 40.1 Å². The maximum Gasteiger partial charge on any atom is 0.481 e. The van der Waals surface area contributed by atoms with Gasteiger partial charge < -0.3 is 19.9 Å². The maximum atomic E-state index is 14.0. The summed E-state index contributed by atoms with van der Waals surface area (Å²) < 4.78 is 13.4. The zero-order chi connectivity index (χ0) is 29.6. The van der Waals surface area contributed by atoms with Crippen LogP contribution in [0.4, 0.5) is 0 Å². The van der Waals surface area contributed by atoms with Gasteiger partial charge in [-0.3, -0.25) is 9.59 Å². The molecule has 7 atom stereocenters. The van der Waals surface area contributed by atoms with Crippen molar-refractivity contribution in [2.24, 2.45) is 23.2 Å². The highest BCUT2D eigenvalue weighted by molar-refractivity contribution is 8.06. The first kappa shape index (κ1) is 30.1. The molecular weight excluding hydrogens is 563 g/mol. The van der Waals surface area contributed by atoms with Crippen LogP contribution in [0.5, 0.6) is 0 Å². The molecule has 0 aromatic heterocycles. The fourth-order valence-electron chi connectivity index (χ4n) is 7.57. The number of thioether (sulfide) groups is 2. The summed E-state index contributed by atoms with van der Waals surface area (Å²) in [6.07, 6.45) is 3.39. The van der Waals surface area contributed by atoms with E-state index in [1.54, 1.807) is 23.5 Å². The van der Waals surface area contributed by atoms with Crippen molar-refractivity contribution in [3.63, 3.8) is 0 Å². The van der Waals surface area contributed by atoms with E-state index in [0.717, 1.165) is 23.3 Å². The molecule has 42 heavy (non-hydrogen) atoms. The van der Waals surface area contributed by atoms with Crippen molar-refractivity contribution >= 4 is 42.5 Å². The minimum absolute atomic E-state index is 0.0503. The number of carbonyl (C=O) groups is 2. The molecule has 0 spiro atoms.